The minimum absolute atomic E-state index is 0.144. The number of hydrogen-bond donors (Lipinski definition) is 2. The van der Waals surface area contributed by atoms with E-state index in [1.165, 1.54) is 5.56 Å². The summed E-state index contributed by atoms with van der Waals surface area (Å²) in [7, 11) is 0. The van der Waals surface area contributed by atoms with Crippen LogP contribution in [0.2, 0.25) is 0 Å². The summed E-state index contributed by atoms with van der Waals surface area (Å²) in [5.74, 6) is 0.700. The third-order valence-electron chi connectivity index (χ3n) is 3.81. The van der Waals surface area contributed by atoms with E-state index in [1.807, 2.05) is 0 Å². The van der Waals surface area contributed by atoms with Gasteiger partial charge in [0.2, 0.25) is 0 Å². The van der Waals surface area contributed by atoms with E-state index in [-0.39, 0.29) is 6.04 Å². The van der Waals surface area contributed by atoms with Crippen LogP contribution in [-0.4, -0.2) is 17.7 Å². The third kappa shape index (κ3) is 5.64. The van der Waals surface area contributed by atoms with Gasteiger partial charge in [-0.05, 0) is 42.9 Å². The van der Waals surface area contributed by atoms with E-state index in [9.17, 15) is 5.11 Å². The van der Waals surface area contributed by atoms with Crippen molar-refractivity contribution in [2.24, 2.45) is 5.92 Å². The van der Waals surface area contributed by atoms with Crippen LogP contribution in [0, 0.1) is 5.92 Å². The fraction of sp³-hybridized carbons (Fsp3) is 0.667. The minimum Gasteiger partial charge on any atom is -0.387 e. The number of aryl methyl sites for hydroxylation is 1. The Bertz CT molecular complexity index is 358. The zero-order valence-electron chi connectivity index (χ0n) is 13.5. The molecule has 0 fully saturated rings. The standard InChI is InChI=1S/C18H31NO/c1-5-7-15-8-10-16(11-9-15)18(20)17(6-2)19-13-12-14(3)4/h8-11,14,17-20H,5-7,12-13H2,1-4H3. The maximum Gasteiger partial charge on any atom is 0.0942 e. The number of nitrogens with one attached hydrogen (secondary N) is 1. The van der Waals surface area contributed by atoms with Gasteiger partial charge < -0.3 is 10.4 Å². The van der Waals surface area contributed by atoms with Crippen LogP contribution in [0.15, 0.2) is 24.3 Å². The maximum absolute atomic E-state index is 10.5. The Labute approximate surface area is 124 Å². The second kappa shape index (κ2) is 9.15. The number of aliphatic hydroxyl groups excluding tert-OH is 1. The van der Waals surface area contributed by atoms with E-state index < -0.39 is 6.10 Å². The van der Waals surface area contributed by atoms with Crippen molar-refractivity contribution in [3.8, 4) is 0 Å². The summed E-state index contributed by atoms with van der Waals surface area (Å²) in [6, 6.07) is 8.57. The molecule has 1 aromatic rings. The molecular formula is C18H31NO. The van der Waals surface area contributed by atoms with Crippen molar-refractivity contribution in [1.29, 1.82) is 0 Å². The Kier molecular flexibility index (Phi) is 7.86. The Morgan fingerprint density at radius 1 is 1.10 bits per heavy atom. The van der Waals surface area contributed by atoms with Gasteiger partial charge in [0.05, 0.1) is 6.10 Å². The highest BCUT2D eigenvalue weighted by Crippen LogP contribution is 2.20. The van der Waals surface area contributed by atoms with Gasteiger partial charge in [-0.15, -0.1) is 0 Å². The zero-order chi connectivity index (χ0) is 15.0. The van der Waals surface area contributed by atoms with Gasteiger partial charge >= 0.3 is 0 Å². The molecule has 2 heteroatoms. The smallest absolute Gasteiger partial charge is 0.0942 e. The minimum atomic E-state index is -0.414. The van der Waals surface area contributed by atoms with E-state index in [2.05, 4.69) is 57.3 Å². The second-order valence-corrected chi connectivity index (χ2v) is 6.09. The van der Waals surface area contributed by atoms with Crippen molar-refractivity contribution in [2.45, 2.75) is 65.5 Å². The van der Waals surface area contributed by atoms with Gasteiger partial charge in [0, 0.05) is 6.04 Å². The second-order valence-electron chi connectivity index (χ2n) is 6.09. The van der Waals surface area contributed by atoms with E-state index in [1.54, 1.807) is 0 Å². The summed E-state index contributed by atoms with van der Waals surface area (Å²) in [4.78, 5) is 0. The first-order valence-corrected chi connectivity index (χ1v) is 8.08. The third-order valence-corrected chi connectivity index (χ3v) is 3.81. The molecule has 0 saturated carbocycles. The van der Waals surface area contributed by atoms with Gasteiger partial charge in [0.1, 0.15) is 0 Å². The fourth-order valence-electron chi connectivity index (χ4n) is 2.44. The molecule has 0 heterocycles. The maximum atomic E-state index is 10.5. The first-order chi connectivity index (χ1) is 9.58. The largest absolute Gasteiger partial charge is 0.387 e. The number of benzene rings is 1. The average molecular weight is 277 g/mol. The molecule has 2 atom stereocenters. The van der Waals surface area contributed by atoms with E-state index >= 15 is 0 Å². The summed E-state index contributed by atoms with van der Waals surface area (Å²) in [6.07, 6.45) is 3.95. The molecule has 114 valence electrons. The molecule has 0 aromatic heterocycles. The average Bonchev–Trinajstić information content (AvgIpc) is 2.44. The molecule has 0 amide bonds. The Balaban J connectivity index is 2.58. The molecule has 2 nitrogen and oxygen atoms in total. The quantitative estimate of drug-likeness (QED) is 0.712. The lowest BCUT2D eigenvalue weighted by Gasteiger charge is -2.24. The molecule has 2 N–H and O–H groups in total. The number of rotatable bonds is 9. The van der Waals surface area contributed by atoms with Crippen LogP contribution in [0.4, 0.5) is 0 Å². The summed E-state index contributed by atoms with van der Waals surface area (Å²) in [5.41, 5.74) is 2.37. The van der Waals surface area contributed by atoms with E-state index in [4.69, 9.17) is 0 Å². The molecule has 0 saturated heterocycles. The van der Waals surface area contributed by atoms with Crippen LogP contribution in [0.25, 0.3) is 0 Å². The molecule has 1 rings (SSSR count). The summed E-state index contributed by atoms with van der Waals surface area (Å²) in [6.45, 7) is 9.74. The van der Waals surface area contributed by atoms with Crippen molar-refractivity contribution in [3.05, 3.63) is 35.4 Å². The van der Waals surface area contributed by atoms with Gasteiger partial charge in [-0.2, -0.15) is 0 Å². The molecule has 0 aliphatic heterocycles. The van der Waals surface area contributed by atoms with Crippen molar-refractivity contribution in [3.63, 3.8) is 0 Å². The molecule has 0 radical (unpaired) electrons. The van der Waals surface area contributed by atoms with Gasteiger partial charge in [0.15, 0.2) is 0 Å². The Hall–Kier alpha value is -0.860. The van der Waals surface area contributed by atoms with Gasteiger partial charge in [-0.1, -0.05) is 58.4 Å². The first-order valence-electron chi connectivity index (χ1n) is 8.08. The predicted molar refractivity (Wildman–Crippen MR) is 86.9 cm³/mol. The van der Waals surface area contributed by atoms with Crippen LogP contribution in [-0.2, 0) is 6.42 Å². The highest BCUT2D eigenvalue weighted by molar-refractivity contribution is 5.25. The van der Waals surface area contributed by atoms with Crippen LogP contribution in [0.3, 0.4) is 0 Å². The fourth-order valence-corrected chi connectivity index (χ4v) is 2.44. The first kappa shape index (κ1) is 17.2. The van der Waals surface area contributed by atoms with Crippen LogP contribution < -0.4 is 5.32 Å². The summed E-state index contributed by atoms with van der Waals surface area (Å²) >= 11 is 0. The van der Waals surface area contributed by atoms with Gasteiger partial charge in [-0.25, -0.2) is 0 Å². The Morgan fingerprint density at radius 2 is 1.75 bits per heavy atom. The molecule has 1 aromatic carbocycles. The lowest BCUT2D eigenvalue weighted by molar-refractivity contribution is 0.125. The molecule has 2 unspecified atom stereocenters. The van der Waals surface area contributed by atoms with Crippen molar-refractivity contribution < 1.29 is 5.11 Å². The molecule has 0 aliphatic rings. The molecular weight excluding hydrogens is 246 g/mol. The highest BCUT2D eigenvalue weighted by atomic mass is 16.3. The van der Waals surface area contributed by atoms with Gasteiger partial charge in [0.25, 0.3) is 0 Å². The van der Waals surface area contributed by atoms with E-state index in [0.29, 0.717) is 5.92 Å². The predicted octanol–water partition coefficient (Wildman–Crippen LogP) is 4.09. The lowest BCUT2D eigenvalue weighted by Crippen LogP contribution is -2.35. The lowest BCUT2D eigenvalue weighted by atomic mass is 9.98. The molecule has 20 heavy (non-hydrogen) atoms. The van der Waals surface area contributed by atoms with Crippen LogP contribution in [0.1, 0.15) is 64.2 Å². The highest BCUT2D eigenvalue weighted by Gasteiger charge is 2.18. The van der Waals surface area contributed by atoms with Crippen LogP contribution in [0.5, 0.6) is 0 Å². The number of aliphatic hydroxyl groups is 1. The van der Waals surface area contributed by atoms with Crippen LogP contribution >= 0.6 is 0 Å². The van der Waals surface area contributed by atoms with Crippen molar-refractivity contribution in [1.82, 2.24) is 5.32 Å². The Morgan fingerprint density at radius 3 is 2.25 bits per heavy atom. The molecule has 0 spiro atoms. The summed E-state index contributed by atoms with van der Waals surface area (Å²) < 4.78 is 0. The van der Waals surface area contributed by atoms with Crippen molar-refractivity contribution in [2.75, 3.05) is 6.54 Å². The molecule has 0 aliphatic carbocycles. The monoisotopic (exact) mass is 277 g/mol. The summed E-state index contributed by atoms with van der Waals surface area (Å²) in [5, 5.41) is 14.0. The molecule has 0 bridgehead atoms. The topological polar surface area (TPSA) is 32.3 Å². The zero-order valence-corrected chi connectivity index (χ0v) is 13.5. The SMILES string of the molecule is CCCc1ccc(C(O)C(CC)NCCC(C)C)cc1. The number of hydrogen-bond acceptors (Lipinski definition) is 2. The van der Waals surface area contributed by atoms with Crippen molar-refractivity contribution >= 4 is 0 Å². The van der Waals surface area contributed by atoms with E-state index in [0.717, 1.165) is 37.8 Å². The van der Waals surface area contributed by atoms with Gasteiger partial charge in [-0.3, -0.25) is 0 Å². The normalized spacial score (nSPS) is 14.5.